The number of nitrogens with two attached hydrogens (primary N) is 1. The second-order valence-corrected chi connectivity index (χ2v) is 5.71. The molecule has 0 aromatic heterocycles. The van der Waals surface area contributed by atoms with Crippen molar-refractivity contribution >= 4 is 27.5 Å². The standard InChI is InChI=1S/C10H14ClN3O3S/c1-2-9(10(12)13-15)14-18(16,17)8-5-3-7(11)4-6-8/h3-6,9,14-15H,2H2,1H3,(H2,12,13). The van der Waals surface area contributed by atoms with Crippen LogP contribution in [0.5, 0.6) is 0 Å². The Kier molecular flexibility index (Phi) is 4.94. The van der Waals surface area contributed by atoms with E-state index in [1.54, 1.807) is 6.92 Å². The van der Waals surface area contributed by atoms with Crippen molar-refractivity contribution in [1.82, 2.24) is 4.72 Å². The van der Waals surface area contributed by atoms with Crippen molar-refractivity contribution in [1.29, 1.82) is 0 Å². The van der Waals surface area contributed by atoms with E-state index < -0.39 is 16.1 Å². The Balaban J connectivity index is 2.97. The van der Waals surface area contributed by atoms with Crippen molar-refractivity contribution in [2.75, 3.05) is 0 Å². The van der Waals surface area contributed by atoms with Gasteiger partial charge in [0.1, 0.15) is 0 Å². The summed E-state index contributed by atoms with van der Waals surface area (Å²) in [6.45, 7) is 1.72. The predicted octanol–water partition coefficient (Wildman–Crippen LogP) is 1.14. The van der Waals surface area contributed by atoms with Crippen LogP contribution in [0.15, 0.2) is 34.3 Å². The van der Waals surface area contributed by atoms with Crippen molar-refractivity contribution in [2.24, 2.45) is 10.9 Å². The fourth-order valence-corrected chi connectivity index (χ4v) is 2.71. The van der Waals surface area contributed by atoms with E-state index in [0.717, 1.165) is 0 Å². The first-order valence-electron chi connectivity index (χ1n) is 5.16. The van der Waals surface area contributed by atoms with Crippen molar-refractivity contribution in [3.05, 3.63) is 29.3 Å². The molecule has 0 radical (unpaired) electrons. The van der Waals surface area contributed by atoms with Crippen LogP contribution in [0.25, 0.3) is 0 Å². The maximum absolute atomic E-state index is 12.0. The molecule has 0 saturated heterocycles. The number of hydrogen-bond donors (Lipinski definition) is 3. The number of nitrogens with one attached hydrogen (secondary N) is 1. The van der Waals surface area contributed by atoms with Crippen molar-refractivity contribution in [3.63, 3.8) is 0 Å². The van der Waals surface area contributed by atoms with Gasteiger partial charge < -0.3 is 10.9 Å². The quantitative estimate of drug-likeness (QED) is 0.327. The van der Waals surface area contributed by atoms with Crippen LogP contribution in [0.3, 0.4) is 0 Å². The predicted molar refractivity (Wildman–Crippen MR) is 69.3 cm³/mol. The highest BCUT2D eigenvalue weighted by Gasteiger charge is 2.21. The Bertz CT molecular complexity index is 528. The van der Waals surface area contributed by atoms with E-state index in [0.29, 0.717) is 11.4 Å². The lowest BCUT2D eigenvalue weighted by Gasteiger charge is -2.15. The second kappa shape index (κ2) is 6.03. The second-order valence-electron chi connectivity index (χ2n) is 3.56. The molecule has 4 N–H and O–H groups in total. The van der Waals surface area contributed by atoms with E-state index in [1.807, 2.05) is 0 Å². The molecule has 0 amide bonds. The molecule has 1 atom stereocenters. The van der Waals surface area contributed by atoms with Gasteiger partial charge in [-0.3, -0.25) is 0 Å². The number of amidine groups is 1. The van der Waals surface area contributed by atoms with Gasteiger partial charge in [0, 0.05) is 5.02 Å². The minimum atomic E-state index is -3.72. The zero-order valence-corrected chi connectivity index (χ0v) is 11.2. The lowest BCUT2D eigenvalue weighted by molar-refractivity contribution is 0.315. The van der Waals surface area contributed by atoms with Crippen LogP contribution < -0.4 is 10.5 Å². The fraction of sp³-hybridized carbons (Fsp3) is 0.300. The Labute approximate surface area is 110 Å². The molecule has 0 heterocycles. The molecule has 1 unspecified atom stereocenters. The van der Waals surface area contributed by atoms with Crippen molar-refractivity contribution in [2.45, 2.75) is 24.3 Å². The van der Waals surface area contributed by atoms with Crippen LogP contribution in [0.2, 0.25) is 5.02 Å². The summed E-state index contributed by atoms with van der Waals surface area (Å²) in [5, 5.41) is 11.8. The minimum absolute atomic E-state index is 0.0658. The first-order chi connectivity index (χ1) is 8.40. The maximum atomic E-state index is 12.0. The molecule has 0 aliphatic carbocycles. The van der Waals surface area contributed by atoms with Crippen LogP contribution >= 0.6 is 11.6 Å². The summed E-state index contributed by atoms with van der Waals surface area (Å²) in [5.74, 6) is -0.185. The zero-order valence-electron chi connectivity index (χ0n) is 9.67. The van der Waals surface area contributed by atoms with Gasteiger partial charge in [-0.05, 0) is 30.7 Å². The van der Waals surface area contributed by atoms with Crippen LogP contribution in [0, 0.1) is 0 Å². The molecule has 0 aliphatic heterocycles. The van der Waals surface area contributed by atoms with Gasteiger partial charge >= 0.3 is 0 Å². The molecule has 1 aromatic carbocycles. The van der Waals surface area contributed by atoms with Crippen LogP contribution in [0.1, 0.15) is 13.3 Å². The molecule has 18 heavy (non-hydrogen) atoms. The fourth-order valence-electron chi connectivity index (χ4n) is 1.29. The molecule has 1 aromatic rings. The summed E-state index contributed by atoms with van der Waals surface area (Å²) in [6.07, 6.45) is 0.364. The summed E-state index contributed by atoms with van der Waals surface area (Å²) < 4.78 is 26.3. The number of nitrogens with zero attached hydrogens (tertiary/aromatic N) is 1. The number of hydrogen-bond acceptors (Lipinski definition) is 4. The summed E-state index contributed by atoms with van der Waals surface area (Å²) in [6, 6.07) is 4.95. The molecule has 0 saturated carbocycles. The summed E-state index contributed by atoms with van der Waals surface area (Å²) in [5.41, 5.74) is 5.39. The molecule has 8 heteroatoms. The lowest BCUT2D eigenvalue weighted by atomic mass is 10.2. The van der Waals surface area contributed by atoms with E-state index in [4.69, 9.17) is 22.5 Å². The average Bonchev–Trinajstić information content (AvgIpc) is 2.35. The zero-order chi connectivity index (χ0) is 13.8. The number of halogens is 1. The van der Waals surface area contributed by atoms with Gasteiger partial charge in [0.25, 0.3) is 0 Å². The smallest absolute Gasteiger partial charge is 0.241 e. The monoisotopic (exact) mass is 291 g/mol. The molecular weight excluding hydrogens is 278 g/mol. The van der Waals surface area contributed by atoms with Gasteiger partial charge in [-0.2, -0.15) is 0 Å². The van der Waals surface area contributed by atoms with E-state index in [1.165, 1.54) is 24.3 Å². The maximum Gasteiger partial charge on any atom is 0.241 e. The Hall–Kier alpha value is -1.31. The van der Waals surface area contributed by atoms with Crippen LogP contribution in [-0.2, 0) is 10.0 Å². The molecule has 100 valence electrons. The molecule has 0 aliphatic rings. The minimum Gasteiger partial charge on any atom is -0.409 e. The topological polar surface area (TPSA) is 105 Å². The number of rotatable bonds is 5. The number of oxime groups is 1. The highest BCUT2D eigenvalue weighted by molar-refractivity contribution is 7.89. The summed E-state index contributed by atoms with van der Waals surface area (Å²) in [7, 11) is -3.72. The summed E-state index contributed by atoms with van der Waals surface area (Å²) >= 11 is 5.68. The normalized spacial score (nSPS) is 14.4. The highest BCUT2D eigenvalue weighted by Crippen LogP contribution is 2.14. The molecular formula is C10H14ClN3O3S. The highest BCUT2D eigenvalue weighted by atomic mass is 35.5. The molecule has 6 nitrogen and oxygen atoms in total. The number of sulfonamides is 1. The van der Waals surface area contributed by atoms with Crippen molar-refractivity contribution in [3.8, 4) is 0 Å². The Morgan fingerprint density at radius 2 is 2.06 bits per heavy atom. The molecule has 0 fully saturated rings. The molecule has 1 rings (SSSR count). The Morgan fingerprint density at radius 3 is 2.50 bits per heavy atom. The third kappa shape index (κ3) is 3.59. The van der Waals surface area contributed by atoms with Gasteiger partial charge in [0.15, 0.2) is 5.84 Å². The van der Waals surface area contributed by atoms with Crippen LogP contribution in [-0.4, -0.2) is 25.5 Å². The van der Waals surface area contributed by atoms with Gasteiger partial charge in [-0.25, -0.2) is 13.1 Å². The van der Waals surface area contributed by atoms with E-state index in [9.17, 15) is 8.42 Å². The van der Waals surface area contributed by atoms with Gasteiger partial charge in [0.05, 0.1) is 10.9 Å². The Morgan fingerprint density at radius 1 is 1.50 bits per heavy atom. The van der Waals surface area contributed by atoms with E-state index in [2.05, 4.69) is 9.88 Å². The summed E-state index contributed by atoms with van der Waals surface area (Å²) in [4.78, 5) is 0.0658. The van der Waals surface area contributed by atoms with Gasteiger partial charge in [-0.1, -0.05) is 23.7 Å². The third-order valence-electron chi connectivity index (χ3n) is 2.30. The van der Waals surface area contributed by atoms with E-state index >= 15 is 0 Å². The SMILES string of the molecule is CCC(NS(=O)(=O)c1ccc(Cl)cc1)/C(N)=N/O. The number of benzene rings is 1. The first-order valence-corrected chi connectivity index (χ1v) is 7.02. The molecule has 0 spiro atoms. The lowest BCUT2D eigenvalue weighted by Crippen LogP contribution is -2.44. The van der Waals surface area contributed by atoms with Gasteiger partial charge in [0.2, 0.25) is 10.0 Å². The third-order valence-corrected chi connectivity index (χ3v) is 4.04. The van der Waals surface area contributed by atoms with E-state index in [-0.39, 0.29) is 10.7 Å². The first kappa shape index (κ1) is 14.7. The van der Waals surface area contributed by atoms with Crippen molar-refractivity contribution < 1.29 is 13.6 Å². The van der Waals surface area contributed by atoms with Gasteiger partial charge in [-0.15, -0.1) is 0 Å². The molecule has 0 bridgehead atoms. The van der Waals surface area contributed by atoms with Crippen LogP contribution in [0.4, 0.5) is 0 Å². The average molecular weight is 292 g/mol. The largest absolute Gasteiger partial charge is 0.409 e.